The second-order valence-corrected chi connectivity index (χ2v) is 6.39. The second kappa shape index (κ2) is 7.79. The van der Waals surface area contributed by atoms with Crippen molar-refractivity contribution in [1.82, 2.24) is 10.6 Å². The molecule has 0 aromatic heterocycles. The third-order valence-corrected chi connectivity index (χ3v) is 4.48. The van der Waals surface area contributed by atoms with Crippen molar-refractivity contribution >= 4 is 21.8 Å². The summed E-state index contributed by atoms with van der Waals surface area (Å²) in [7, 11) is 0. The van der Waals surface area contributed by atoms with E-state index < -0.39 is 0 Å². The third kappa shape index (κ3) is 4.60. The monoisotopic (exact) mass is 338 g/mol. The van der Waals surface area contributed by atoms with Crippen LogP contribution in [-0.4, -0.2) is 19.0 Å². The van der Waals surface area contributed by atoms with E-state index in [0.29, 0.717) is 12.3 Å². The van der Waals surface area contributed by atoms with Gasteiger partial charge in [0.1, 0.15) is 0 Å². The molecule has 0 radical (unpaired) electrons. The van der Waals surface area contributed by atoms with Crippen LogP contribution in [0.1, 0.15) is 44.2 Å². The average molecular weight is 339 g/mol. The minimum absolute atomic E-state index is 0.123. The molecule has 1 unspecified atom stereocenters. The lowest BCUT2D eigenvalue weighted by Gasteiger charge is -2.24. The summed E-state index contributed by atoms with van der Waals surface area (Å²) in [4.78, 5) is 12.2. The van der Waals surface area contributed by atoms with Crippen LogP contribution in [0.25, 0.3) is 0 Å². The molecule has 1 aliphatic rings. The molecule has 1 amide bonds. The fourth-order valence-corrected chi connectivity index (χ4v) is 2.98. The molecule has 2 N–H and O–H groups in total. The van der Waals surface area contributed by atoms with E-state index in [-0.39, 0.29) is 11.9 Å². The second-order valence-electron chi connectivity index (χ2n) is 5.48. The summed E-state index contributed by atoms with van der Waals surface area (Å²) >= 11 is 3.44. The predicted molar refractivity (Wildman–Crippen MR) is 85.5 cm³/mol. The van der Waals surface area contributed by atoms with Crippen molar-refractivity contribution in [3.63, 3.8) is 0 Å². The van der Waals surface area contributed by atoms with Gasteiger partial charge >= 0.3 is 0 Å². The maximum absolute atomic E-state index is 12.2. The number of halogens is 1. The maximum Gasteiger partial charge on any atom is 0.220 e. The van der Waals surface area contributed by atoms with Gasteiger partial charge in [-0.25, -0.2) is 0 Å². The Morgan fingerprint density at radius 3 is 2.60 bits per heavy atom. The summed E-state index contributed by atoms with van der Waals surface area (Å²) in [5, 5.41) is 6.51. The van der Waals surface area contributed by atoms with Crippen LogP contribution in [0.2, 0.25) is 0 Å². The molecule has 0 aliphatic carbocycles. The number of carbonyl (C=O) groups excluding carboxylic acids is 1. The Balaban J connectivity index is 1.88. The van der Waals surface area contributed by atoms with Gasteiger partial charge in [0.15, 0.2) is 0 Å². The summed E-state index contributed by atoms with van der Waals surface area (Å²) in [5.41, 5.74) is 1.18. The summed E-state index contributed by atoms with van der Waals surface area (Å²) in [6.45, 7) is 4.20. The zero-order chi connectivity index (χ0) is 14.4. The fourth-order valence-electron chi connectivity index (χ4n) is 2.72. The van der Waals surface area contributed by atoms with E-state index in [2.05, 4.69) is 45.6 Å². The summed E-state index contributed by atoms with van der Waals surface area (Å²) in [6.07, 6.45) is 3.80. The van der Waals surface area contributed by atoms with Crippen molar-refractivity contribution in [1.29, 1.82) is 0 Å². The van der Waals surface area contributed by atoms with Gasteiger partial charge in [-0.05, 0) is 56.0 Å². The number of benzene rings is 1. The smallest absolute Gasteiger partial charge is 0.220 e. The molecular formula is C16H23BrN2O. The van der Waals surface area contributed by atoms with Gasteiger partial charge in [0.25, 0.3) is 0 Å². The molecule has 1 aliphatic heterocycles. The van der Waals surface area contributed by atoms with E-state index in [9.17, 15) is 4.79 Å². The molecule has 0 spiro atoms. The van der Waals surface area contributed by atoms with E-state index in [1.54, 1.807) is 0 Å². The van der Waals surface area contributed by atoms with Crippen LogP contribution in [0.3, 0.4) is 0 Å². The van der Waals surface area contributed by atoms with Crippen molar-refractivity contribution in [2.45, 2.75) is 38.6 Å². The van der Waals surface area contributed by atoms with Crippen molar-refractivity contribution in [3.8, 4) is 0 Å². The average Bonchev–Trinajstić information content (AvgIpc) is 2.47. The molecule has 3 nitrogen and oxygen atoms in total. The molecule has 1 heterocycles. The molecule has 2 rings (SSSR count). The van der Waals surface area contributed by atoms with Crippen LogP contribution in [0.4, 0.5) is 0 Å². The van der Waals surface area contributed by atoms with Crippen molar-refractivity contribution < 1.29 is 4.79 Å². The van der Waals surface area contributed by atoms with Crippen LogP contribution < -0.4 is 10.6 Å². The first-order chi connectivity index (χ1) is 9.69. The van der Waals surface area contributed by atoms with Gasteiger partial charge in [0.2, 0.25) is 5.91 Å². The molecule has 1 saturated heterocycles. The van der Waals surface area contributed by atoms with Crippen molar-refractivity contribution in [2.75, 3.05) is 13.1 Å². The number of rotatable bonds is 5. The zero-order valence-electron chi connectivity index (χ0n) is 12.0. The lowest BCUT2D eigenvalue weighted by Crippen LogP contribution is -2.33. The molecule has 0 saturated carbocycles. The zero-order valence-corrected chi connectivity index (χ0v) is 13.6. The number of amides is 1. The largest absolute Gasteiger partial charge is 0.349 e. The third-order valence-electron chi connectivity index (χ3n) is 3.95. The first kappa shape index (κ1) is 15.5. The van der Waals surface area contributed by atoms with E-state index in [1.165, 1.54) is 5.56 Å². The van der Waals surface area contributed by atoms with Gasteiger partial charge in [-0.1, -0.05) is 35.0 Å². The molecule has 0 bridgehead atoms. The Bertz CT molecular complexity index is 427. The highest BCUT2D eigenvalue weighted by atomic mass is 79.9. The van der Waals surface area contributed by atoms with Crippen LogP contribution >= 0.6 is 15.9 Å². The number of piperidine rings is 1. The summed E-state index contributed by atoms with van der Waals surface area (Å²) in [5.74, 6) is 0.727. The van der Waals surface area contributed by atoms with Gasteiger partial charge in [0, 0.05) is 10.9 Å². The highest BCUT2D eigenvalue weighted by Gasteiger charge is 2.19. The van der Waals surface area contributed by atoms with E-state index in [4.69, 9.17) is 0 Å². The molecule has 4 heteroatoms. The molecule has 1 atom stereocenters. The highest BCUT2D eigenvalue weighted by Crippen LogP contribution is 2.21. The van der Waals surface area contributed by atoms with E-state index in [1.807, 2.05) is 12.1 Å². The van der Waals surface area contributed by atoms with Crippen LogP contribution in [0.5, 0.6) is 0 Å². The minimum Gasteiger partial charge on any atom is -0.349 e. The first-order valence-electron chi connectivity index (χ1n) is 7.44. The predicted octanol–water partition coefficient (Wildman–Crippen LogP) is 3.41. The molecule has 1 aromatic carbocycles. The molecule has 20 heavy (non-hydrogen) atoms. The van der Waals surface area contributed by atoms with Crippen LogP contribution in [-0.2, 0) is 4.79 Å². The Hall–Kier alpha value is -0.870. The van der Waals surface area contributed by atoms with Gasteiger partial charge in [-0.3, -0.25) is 4.79 Å². The SMILES string of the molecule is CCC(NC(=O)CC1CCNCC1)c1ccc(Br)cc1. The van der Waals surface area contributed by atoms with Crippen LogP contribution in [0, 0.1) is 5.92 Å². The maximum atomic E-state index is 12.2. The Morgan fingerprint density at radius 2 is 2.00 bits per heavy atom. The van der Waals surface area contributed by atoms with Gasteiger partial charge in [-0.15, -0.1) is 0 Å². The number of carbonyl (C=O) groups is 1. The van der Waals surface area contributed by atoms with Gasteiger partial charge in [0.05, 0.1) is 6.04 Å². The van der Waals surface area contributed by atoms with Crippen molar-refractivity contribution in [2.24, 2.45) is 5.92 Å². The minimum atomic E-state index is 0.123. The molecule has 1 aromatic rings. The van der Waals surface area contributed by atoms with Gasteiger partial charge < -0.3 is 10.6 Å². The lowest BCUT2D eigenvalue weighted by molar-refractivity contribution is -0.123. The van der Waals surface area contributed by atoms with Gasteiger partial charge in [-0.2, -0.15) is 0 Å². The number of hydrogen-bond donors (Lipinski definition) is 2. The number of hydrogen-bond acceptors (Lipinski definition) is 2. The normalized spacial score (nSPS) is 17.7. The quantitative estimate of drug-likeness (QED) is 0.863. The highest BCUT2D eigenvalue weighted by molar-refractivity contribution is 9.10. The molecule has 1 fully saturated rings. The Labute approximate surface area is 129 Å². The van der Waals surface area contributed by atoms with Crippen molar-refractivity contribution in [3.05, 3.63) is 34.3 Å². The summed E-state index contributed by atoms with van der Waals surface area (Å²) < 4.78 is 1.07. The lowest BCUT2D eigenvalue weighted by atomic mass is 9.94. The topological polar surface area (TPSA) is 41.1 Å². The first-order valence-corrected chi connectivity index (χ1v) is 8.24. The standard InChI is InChI=1S/C16H23BrN2O/c1-2-15(13-3-5-14(17)6-4-13)19-16(20)11-12-7-9-18-10-8-12/h3-6,12,15,18H,2,7-11H2,1H3,(H,19,20). The Kier molecular flexibility index (Phi) is 6.05. The summed E-state index contributed by atoms with van der Waals surface area (Å²) in [6, 6.07) is 8.32. The molecular weight excluding hydrogens is 316 g/mol. The van der Waals surface area contributed by atoms with E-state index in [0.717, 1.165) is 36.8 Å². The van der Waals surface area contributed by atoms with Crippen LogP contribution in [0.15, 0.2) is 28.7 Å². The number of nitrogens with one attached hydrogen (secondary N) is 2. The fraction of sp³-hybridized carbons (Fsp3) is 0.562. The molecule has 110 valence electrons. The van der Waals surface area contributed by atoms with E-state index >= 15 is 0 Å². The Morgan fingerprint density at radius 1 is 1.35 bits per heavy atom.